The molecule has 0 amide bonds. The molecule has 4 nitrogen and oxygen atoms in total. The van der Waals surface area contributed by atoms with Crippen LogP contribution in [0.25, 0.3) is 0 Å². The van der Waals surface area contributed by atoms with E-state index in [4.69, 9.17) is 0 Å². The predicted octanol–water partition coefficient (Wildman–Crippen LogP) is 2.76. The zero-order valence-electron chi connectivity index (χ0n) is 13.2. The summed E-state index contributed by atoms with van der Waals surface area (Å²) in [5.41, 5.74) is 0. The Morgan fingerprint density at radius 2 is 1.75 bits per heavy atom. The number of sulfonamides is 1. The third-order valence-electron chi connectivity index (χ3n) is 3.27. The molecule has 0 radical (unpaired) electrons. The number of rotatable bonds is 7. The first kappa shape index (κ1) is 17.6. The van der Waals surface area contributed by atoms with E-state index in [0.717, 1.165) is 16.3 Å². The Balaban J connectivity index is 2.67. The lowest BCUT2D eigenvalue weighted by Crippen LogP contribution is -2.42. The maximum atomic E-state index is 12.3. The monoisotopic (exact) mass is 318 g/mol. The average molecular weight is 319 g/mol. The summed E-state index contributed by atoms with van der Waals surface area (Å²) < 4.78 is 27.2. The number of hydrogen-bond donors (Lipinski definition) is 1. The molecule has 0 atom stereocenters. The van der Waals surface area contributed by atoms with Crippen molar-refractivity contribution in [2.45, 2.75) is 58.5 Å². The van der Waals surface area contributed by atoms with Crippen molar-refractivity contribution >= 4 is 21.4 Å². The van der Waals surface area contributed by atoms with E-state index in [1.807, 2.05) is 13.8 Å². The smallest absolute Gasteiger partial charge is 0.241 e. The first-order valence-corrected chi connectivity index (χ1v) is 9.27. The van der Waals surface area contributed by atoms with Crippen LogP contribution in [0.3, 0.4) is 0 Å². The Morgan fingerprint density at radius 1 is 1.20 bits per heavy atom. The third kappa shape index (κ3) is 4.55. The lowest BCUT2D eigenvalue weighted by molar-refractivity contribution is 0.179. The van der Waals surface area contributed by atoms with Crippen LogP contribution in [0.5, 0.6) is 0 Å². The summed E-state index contributed by atoms with van der Waals surface area (Å²) in [5.74, 6) is 0. The van der Waals surface area contributed by atoms with Crippen LogP contribution in [0.4, 0.5) is 0 Å². The summed E-state index contributed by atoms with van der Waals surface area (Å²) in [7, 11) is -3.38. The standard InChI is InChI=1S/C14H26N2O2S2/c1-10(2)16(11(3)4)8-7-15-20(17,18)14-9-12(5)19-13(14)6/h9-11,15H,7-8H2,1-6H3. The first-order chi connectivity index (χ1) is 9.15. The molecule has 1 rings (SSSR count). The number of hydrogen-bond acceptors (Lipinski definition) is 4. The predicted molar refractivity (Wildman–Crippen MR) is 86.0 cm³/mol. The van der Waals surface area contributed by atoms with Gasteiger partial charge < -0.3 is 0 Å². The van der Waals surface area contributed by atoms with E-state index in [1.54, 1.807) is 6.07 Å². The highest BCUT2D eigenvalue weighted by atomic mass is 32.2. The zero-order chi connectivity index (χ0) is 15.5. The Hall–Kier alpha value is -0.430. The van der Waals surface area contributed by atoms with Gasteiger partial charge in [0.1, 0.15) is 0 Å². The lowest BCUT2D eigenvalue weighted by Gasteiger charge is -2.30. The van der Waals surface area contributed by atoms with Gasteiger partial charge in [0.05, 0.1) is 4.90 Å². The number of nitrogens with one attached hydrogen (secondary N) is 1. The maximum Gasteiger partial charge on any atom is 0.241 e. The molecule has 0 aliphatic heterocycles. The van der Waals surface area contributed by atoms with Crippen LogP contribution in [-0.4, -0.2) is 38.5 Å². The van der Waals surface area contributed by atoms with E-state index >= 15 is 0 Å². The first-order valence-electron chi connectivity index (χ1n) is 6.97. The Morgan fingerprint density at radius 3 is 2.15 bits per heavy atom. The molecule has 0 fully saturated rings. The van der Waals surface area contributed by atoms with Gasteiger partial charge in [-0.05, 0) is 47.6 Å². The van der Waals surface area contributed by atoms with E-state index in [2.05, 4.69) is 37.3 Å². The second-order valence-electron chi connectivity index (χ2n) is 5.60. The van der Waals surface area contributed by atoms with Gasteiger partial charge in [0, 0.05) is 34.9 Å². The highest BCUT2D eigenvalue weighted by Gasteiger charge is 2.20. The molecule has 0 aromatic carbocycles. The van der Waals surface area contributed by atoms with E-state index in [9.17, 15) is 8.42 Å². The minimum atomic E-state index is -3.38. The van der Waals surface area contributed by atoms with Crippen molar-refractivity contribution in [1.82, 2.24) is 9.62 Å². The Kier molecular flexibility index (Phi) is 6.19. The minimum absolute atomic E-state index is 0.407. The third-order valence-corrected chi connectivity index (χ3v) is 5.96. The highest BCUT2D eigenvalue weighted by molar-refractivity contribution is 7.89. The normalized spacial score (nSPS) is 12.8. The summed E-state index contributed by atoms with van der Waals surface area (Å²) in [6.07, 6.45) is 0. The fraction of sp³-hybridized carbons (Fsp3) is 0.714. The van der Waals surface area contributed by atoms with Crippen LogP contribution in [-0.2, 0) is 10.0 Å². The molecular formula is C14H26N2O2S2. The van der Waals surface area contributed by atoms with Crippen molar-refractivity contribution in [3.05, 3.63) is 15.8 Å². The Labute approximate surface area is 127 Å². The second-order valence-corrected chi connectivity index (χ2v) is 8.80. The zero-order valence-corrected chi connectivity index (χ0v) is 14.9. The van der Waals surface area contributed by atoms with Crippen LogP contribution in [0.2, 0.25) is 0 Å². The average Bonchev–Trinajstić information content (AvgIpc) is 2.63. The van der Waals surface area contributed by atoms with Crippen molar-refractivity contribution in [2.75, 3.05) is 13.1 Å². The van der Waals surface area contributed by atoms with Gasteiger partial charge in [-0.2, -0.15) is 0 Å². The quantitative estimate of drug-likeness (QED) is 0.841. The van der Waals surface area contributed by atoms with Gasteiger partial charge in [-0.15, -0.1) is 11.3 Å². The fourth-order valence-corrected chi connectivity index (χ4v) is 4.95. The summed E-state index contributed by atoms with van der Waals surface area (Å²) in [6, 6.07) is 2.56. The summed E-state index contributed by atoms with van der Waals surface area (Å²) in [4.78, 5) is 4.56. The molecule has 1 heterocycles. The van der Waals surface area contributed by atoms with Crippen LogP contribution in [0, 0.1) is 13.8 Å². The highest BCUT2D eigenvalue weighted by Crippen LogP contribution is 2.24. The SMILES string of the molecule is Cc1cc(S(=O)(=O)NCCN(C(C)C)C(C)C)c(C)s1. The molecule has 1 aromatic rings. The minimum Gasteiger partial charge on any atom is -0.297 e. The van der Waals surface area contributed by atoms with Crippen LogP contribution in [0.15, 0.2) is 11.0 Å². The molecule has 1 aromatic heterocycles. The summed E-state index contributed by atoms with van der Waals surface area (Å²) in [6.45, 7) is 13.4. The van der Waals surface area contributed by atoms with Crippen LogP contribution < -0.4 is 4.72 Å². The van der Waals surface area contributed by atoms with Crippen molar-refractivity contribution in [2.24, 2.45) is 0 Å². The molecule has 0 unspecified atom stereocenters. The second kappa shape index (κ2) is 7.02. The van der Waals surface area contributed by atoms with Gasteiger partial charge in [0.25, 0.3) is 0 Å². The topological polar surface area (TPSA) is 49.4 Å². The summed E-state index contributed by atoms with van der Waals surface area (Å²) >= 11 is 1.52. The molecule has 0 saturated heterocycles. The molecule has 116 valence electrons. The number of nitrogens with zero attached hydrogens (tertiary/aromatic N) is 1. The van der Waals surface area contributed by atoms with Crippen molar-refractivity contribution in [1.29, 1.82) is 0 Å². The van der Waals surface area contributed by atoms with Gasteiger partial charge in [-0.25, -0.2) is 13.1 Å². The molecule has 0 aliphatic carbocycles. The van der Waals surface area contributed by atoms with Gasteiger partial charge in [0.15, 0.2) is 0 Å². The van der Waals surface area contributed by atoms with Crippen LogP contribution >= 0.6 is 11.3 Å². The van der Waals surface area contributed by atoms with Crippen molar-refractivity contribution in [3.63, 3.8) is 0 Å². The van der Waals surface area contributed by atoms with E-state index in [-0.39, 0.29) is 0 Å². The van der Waals surface area contributed by atoms with Gasteiger partial charge in [-0.1, -0.05) is 0 Å². The lowest BCUT2D eigenvalue weighted by atomic mass is 10.2. The molecular weight excluding hydrogens is 292 g/mol. The summed E-state index contributed by atoms with van der Waals surface area (Å²) in [5, 5.41) is 0. The fourth-order valence-electron chi connectivity index (χ4n) is 2.37. The van der Waals surface area contributed by atoms with Gasteiger partial charge >= 0.3 is 0 Å². The van der Waals surface area contributed by atoms with Gasteiger partial charge in [0.2, 0.25) is 10.0 Å². The number of aryl methyl sites for hydroxylation is 2. The van der Waals surface area contributed by atoms with Gasteiger partial charge in [-0.3, -0.25) is 4.90 Å². The molecule has 0 spiro atoms. The van der Waals surface area contributed by atoms with E-state index < -0.39 is 10.0 Å². The molecule has 6 heteroatoms. The largest absolute Gasteiger partial charge is 0.297 e. The van der Waals surface area contributed by atoms with E-state index in [1.165, 1.54) is 11.3 Å². The molecule has 1 N–H and O–H groups in total. The van der Waals surface area contributed by atoms with E-state index in [0.29, 0.717) is 23.5 Å². The Bertz CT molecular complexity index is 525. The molecule has 0 saturated carbocycles. The molecule has 0 aliphatic rings. The van der Waals surface area contributed by atoms with Crippen molar-refractivity contribution < 1.29 is 8.42 Å². The van der Waals surface area contributed by atoms with Crippen LogP contribution in [0.1, 0.15) is 37.4 Å². The molecule has 0 bridgehead atoms. The molecule has 20 heavy (non-hydrogen) atoms. The number of thiophene rings is 1. The van der Waals surface area contributed by atoms with Crippen molar-refractivity contribution in [3.8, 4) is 0 Å². The maximum absolute atomic E-state index is 12.3.